The summed E-state index contributed by atoms with van der Waals surface area (Å²) in [5.41, 5.74) is 0.238. The molecule has 1 heterocycles. The minimum absolute atomic E-state index is 0.163. The Hall–Kier alpha value is -3.11. The molecule has 2 amide bonds. The number of anilines is 1. The van der Waals surface area contributed by atoms with Gasteiger partial charge in [0, 0.05) is 13.0 Å². The van der Waals surface area contributed by atoms with Crippen molar-refractivity contribution in [3.8, 4) is 5.75 Å². The van der Waals surface area contributed by atoms with E-state index < -0.39 is 45.7 Å². The van der Waals surface area contributed by atoms with Crippen LogP contribution in [0.1, 0.15) is 33.6 Å². The van der Waals surface area contributed by atoms with Crippen molar-refractivity contribution in [1.29, 1.82) is 0 Å². The van der Waals surface area contributed by atoms with E-state index in [4.69, 9.17) is 4.74 Å². The monoisotopic (exact) mass is 462 g/mol. The molecule has 32 heavy (non-hydrogen) atoms. The SMILES string of the molecule is CCC(C)N(C1CC(=O)N(c2ccc(OC(C)=O)cc2)C1=O)S(=O)(=O)c1ccc(F)cc1. The molecule has 0 N–H and O–H groups in total. The summed E-state index contributed by atoms with van der Waals surface area (Å²) in [5, 5.41) is 0. The average Bonchev–Trinajstić information content (AvgIpc) is 3.02. The van der Waals surface area contributed by atoms with E-state index in [-0.39, 0.29) is 22.8 Å². The van der Waals surface area contributed by atoms with Crippen molar-refractivity contribution < 1.29 is 31.9 Å². The number of carbonyl (C=O) groups is 3. The number of carbonyl (C=O) groups excluding carboxylic acids is 3. The maximum Gasteiger partial charge on any atom is 0.308 e. The highest BCUT2D eigenvalue weighted by atomic mass is 32.2. The van der Waals surface area contributed by atoms with Crippen molar-refractivity contribution in [3.63, 3.8) is 0 Å². The fourth-order valence-corrected chi connectivity index (χ4v) is 5.38. The van der Waals surface area contributed by atoms with Crippen LogP contribution in [-0.2, 0) is 24.4 Å². The van der Waals surface area contributed by atoms with Gasteiger partial charge in [-0.05, 0) is 61.9 Å². The molecule has 8 nitrogen and oxygen atoms in total. The molecule has 170 valence electrons. The molecule has 1 fully saturated rings. The van der Waals surface area contributed by atoms with Gasteiger partial charge in [-0.15, -0.1) is 0 Å². The largest absolute Gasteiger partial charge is 0.427 e. The quantitative estimate of drug-likeness (QED) is 0.356. The Kier molecular flexibility index (Phi) is 6.75. The molecule has 0 radical (unpaired) electrons. The number of sulfonamides is 1. The van der Waals surface area contributed by atoms with Crippen LogP contribution in [0.15, 0.2) is 53.4 Å². The lowest BCUT2D eigenvalue weighted by Gasteiger charge is -2.31. The Labute approximate surface area is 185 Å². The van der Waals surface area contributed by atoms with Crippen LogP contribution in [0.4, 0.5) is 10.1 Å². The molecule has 10 heteroatoms. The first-order valence-electron chi connectivity index (χ1n) is 10.0. The smallest absolute Gasteiger partial charge is 0.308 e. The molecule has 2 unspecified atom stereocenters. The molecule has 1 saturated heterocycles. The Bertz CT molecular complexity index is 1130. The van der Waals surface area contributed by atoms with Crippen LogP contribution in [0.5, 0.6) is 5.75 Å². The Balaban J connectivity index is 1.95. The zero-order chi connectivity index (χ0) is 23.6. The number of imide groups is 1. The third kappa shape index (κ3) is 4.56. The molecule has 2 aromatic carbocycles. The molecule has 0 spiro atoms. The van der Waals surface area contributed by atoms with Gasteiger partial charge in [0.25, 0.3) is 5.91 Å². The van der Waals surface area contributed by atoms with Crippen LogP contribution in [0.3, 0.4) is 0 Å². The maximum atomic E-state index is 13.3. The van der Waals surface area contributed by atoms with E-state index in [1.807, 2.05) is 0 Å². The van der Waals surface area contributed by atoms with Gasteiger partial charge in [0.05, 0.1) is 17.0 Å². The number of hydrogen-bond donors (Lipinski definition) is 0. The van der Waals surface area contributed by atoms with E-state index in [2.05, 4.69) is 0 Å². The third-order valence-corrected chi connectivity index (χ3v) is 7.24. The summed E-state index contributed by atoms with van der Waals surface area (Å²) in [4.78, 5) is 37.8. The van der Waals surface area contributed by atoms with Crippen molar-refractivity contribution in [2.45, 2.75) is 50.6 Å². The highest BCUT2D eigenvalue weighted by molar-refractivity contribution is 7.89. The van der Waals surface area contributed by atoms with Crippen LogP contribution in [0.2, 0.25) is 0 Å². The van der Waals surface area contributed by atoms with Crippen molar-refractivity contribution >= 4 is 33.5 Å². The van der Waals surface area contributed by atoms with Crippen molar-refractivity contribution in [3.05, 3.63) is 54.3 Å². The topological polar surface area (TPSA) is 101 Å². The van der Waals surface area contributed by atoms with Crippen LogP contribution < -0.4 is 9.64 Å². The average molecular weight is 462 g/mol. The zero-order valence-corrected chi connectivity index (χ0v) is 18.6. The van der Waals surface area contributed by atoms with E-state index in [9.17, 15) is 27.2 Å². The first-order chi connectivity index (χ1) is 15.1. The second-order valence-electron chi connectivity index (χ2n) is 7.42. The molecular weight excluding hydrogens is 439 g/mol. The summed E-state index contributed by atoms with van der Waals surface area (Å²) >= 11 is 0. The molecule has 0 aromatic heterocycles. The fraction of sp³-hybridized carbons (Fsp3) is 0.318. The highest BCUT2D eigenvalue weighted by Crippen LogP contribution is 2.32. The maximum absolute atomic E-state index is 13.3. The standard InChI is InChI=1S/C22H23FN2O6S/c1-4-14(2)25(32(29,30)19-11-5-16(23)6-12-19)20-13-21(27)24(22(20)28)17-7-9-18(10-8-17)31-15(3)26/h5-12,14,20H,4,13H2,1-3H3. The van der Waals surface area contributed by atoms with Gasteiger partial charge >= 0.3 is 5.97 Å². The number of hydrogen-bond acceptors (Lipinski definition) is 6. The number of amides is 2. The minimum atomic E-state index is -4.19. The summed E-state index contributed by atoms with van der Waals surface area (Å²) in [6, 6.07) is 8.26. The number of esters is 1. The summed E-state index contributed by atoms with van der Waals surface area (Å²) in [7, 11) is -4.19. The van der Waals surface area contributed by atoms with Crippen molar-refractivity contribution in [2.24, 2.45) is 0 Å². The Morgan fingerprint density at radius 1 is 1.16 bits per heavy atom. The van der Waals surface area contributed by atoms with Crippen LogP contribution in [0.25, 0.3) is 0 Å². The summed E-state index contributed by atoms with van der Waals surface area (Å²) in [6.45, 7) is 4.66. The van der Waals surface area contributed by atoms with E-state index in [1.54, 1.807) is 13.8 Å². The number of benzene rings is 2. The van der Waals surface area contributed by atoms with Crippen molar-refractivity contribution in [1.82, 2.24) is 4.31 Å². The first kappa shape index (κ1) is 23.6. The number of nitrogens with zero attached hydrogens (tertiary/aromatic N) is 2. The van der Waals surface area contributed by atoms with Gasteiger partial charge in [0.2, 0.25) is 15.9 Å². The molecule has 1 aliphatic rings. The number of halogens is 1. The third-order valence-electron chi connectivity index (χ3n) is 5.20. The van der Waals surface area contributed by atoms with Gasteiger partial charge < -0.3 is 4.74 Å². The van der Waals surface area contributed by atoms with Crippen LogP contribution >= 0.6 is 0 Å². The molecule has 0 aliphatic carbocycles. The normalized spacial score (nSPS) is 17.7. The molecule has 2 atom stereocenters. The van der Waals surface area contributed by atoms with Gasteiger partial charge in [-0.3, -0.25) is 14.4 Å². The lowest BCUT2D eigenvalue weighted by molar-refractivity contribution is -0.132. The summed E-state index contributed by atoms with van der Waals surface area (Å²) < 4.78 is 46.0. The lowest BCUT2D eigenvalue weighted by Crippen LogP contribution is -2.49. The minimum Gasteiger partial charge on any atom is -0.427 e. The van der Waals surface area contributed by atoms with E-state index in [0.717, 1.165) is 33.5 Å². The molecular formula is C22H23FN2O6S. The zero-order valence-electron chi connectivity index (χ0n) is 17.8. The number of ether oxygens (including phenoxy) is 1. The molecule has 1 aliphatic heterocycles. The predicted molar refractivity (Wildman–Crippen MR) is 114 cm³/mol. The van der Waals surface area contributed by atoms with Crippen LogP contribution in [0, 0.1) is 5.82 Å². The van der Waals surface area contributed by atoms with Gasteiger partial charge in [0.1, 0.15) is 17.6 Å². The highest BCUT2D eigenvalue weighted by Gasteiger charge is 2.48. The van der Waals surface area contributed by atoms with E-state index in [0.29, 0.717) is 6.42 Å². The van der Waals surface area contributed by atoms with Gasteiger partial charge in [-0.2, -0.15) is 4.31 Å². The van der Waals surface area contributed by atoms with Gasteiger partial charge in [-0.25, -0.2) is 17.7 Å². The van der Waals surface area contributed by atoms with E-state index in [1.165, 1.54) is 31.2 Å². The first-order valence-corrected chi connectivity index (χ1v) is 11.4. The van der Waals surface area contributed by atoms with E-state index >= 15 is 0 Å². The second-order valence-corrected chi connectivity index (χ2v) is 9.26. The Morgan fingerprint density at radius 2 is 1.75 bits per heavy atom. The number of rotatable bonds is 7. The predicted octanol–water partition coefficient (Wildman–Crippen LogP) is 2.87. The summed E-state index contributed by atoms with van der Waals surface area (Å²) in [5.74, 6) is -2.09. The molecule has 0 saturated carbocycles. The molecule has 2 aromatic rings. The lowest BCUT2D eigenvalue weighted by atomic mass is 10.2. The fourth-order valence-electron chi connectivity index (χ4n) is 3.54. The van der Waals surface area contributed by atoms with Gasteiger partial charge in [0.15, 0.2) is 0 Å². The summed E-state index contributed by atoms with van der Waals surface area (Å²) in [6.07, 6.45) is 0.0742. The Morgan fingerprint density at radius 3 is 2.28 bits per heavy atom. The molecule has 3 rings (SSSR count). The second kappa shape index (κ2) is 9.17. The van der Waals surface area contributed by atoms with Crippen LogP contribution in [-0.4, -0.2) is 42.6 Å². The molecule has 0 bridgehead atoms. The van der Waals surface area contributed by atoms with Crippen molar-refractivity contribution in [2.75, 3.05) is 4.90 Å². The van der Waals surface area contributed by atoms with Gasteiger partial charge in [-0.1, -0.05) is 6.92 Å².